The third kappa shape index (κ3) is 5.53. The molecule has 0 unspecified atom stereocenters. The molecule has 0 radical (unpaired) electrons. The van der Waals surface area contributed by atoms with E-state index in [-0.39, 0.29) is 23.1 Å². The van der Waals surface area contributed by atoms with Crippen LogP contribution in [-0.4, -0.2) is 56.0 Å². The van der Waals surface area contributed by atoms with Crippen molar-refractivity contribution in [1.82, 2.24) is 4.90 Å². The zero-order valence-electron chi connectivity index (χ0n) is 20.2. The fourth-order valence-corrected chi connectivity index (χ4v) is 5.50. The molecule has 1 saturated carbocycles. The van der Waals surface area contributed by atoms with Gasteiger partial charge < -0.3 is 19.7 Å². The highest BCUT2D eigenvalue weighted by Crippen LogP contribution is 2.42. The molecule has 1 aliphatic rings. The van der Waals surface area contributed by atoms with Crippen molar-refractivity contribution in [3.05, 3.63) is 51.7 Å². The Morgan fingerprint density at radius 3 is 2.43 bits per heavy atom. The Bertz CT molecular complexity index is 1140. The van der Waals surface area contributed by atoms with E-state index in [4.69, 9.17) is 9.47 Å². The second kappa shape index (κ2) is 11.0. The van der Waals surface area contributed by atoms with Crippen molar-refractivity contribution in [1.29, 1.82) is 0 Å². The highest BCUT2D eigenvalue weighted by atomic mass is 32.1. The number of esters is 2. The normalized spacial score (nSPS) is 14.3. The van der Waals surface area contributed by atoms with Crippen LogP contribution in [0.15, 0.2) is 24.3 Å². The fraction of sp³-hybridized carbons (Fsp3) is 0.440. The van der Waals surface area contributed by atoms with Crippen LogP contribution in [0.3, 0.4) is 0 Å². The van der Waals surface area contributed by atoms with Gasteiger partial charge in [0.1, 0.15) is 10.8 Å². The first-order valence-electron chi connectivity index (χ1n) is 11.4. The third-order valence-electron chi connectivity index (χ3n) is 6.04. The summed E-state index contributed by atoms with van der Waals surface area (Å²) in [6, 6.07) is 5.88. The van der Waals surface area contributed by atoms with Crippen molar-refractivity contribution in [3.8, 4) is 0 Å². The molecular weight excluding hydrogens is 475 g/mol. The van der Waals surface area contributed by atoms with E-state index >= 15 is 0 Å². The molecule has 1 aliphatic carbocycles. The summed E-state index contributed by atoms with van der Waals surface area (Å²) in [5.74, 6) is -2.68. The number of nitrogens with zero attached hydrogens (tertiary/aromatic N) is 1. The predicted octanol–water partition coefficient (Wildman–Crippen LogP) is 4.07. The summed E-state index contributed by atoms with van der Waals surface area (Å²) in [7, 11) is 3.17. The Hall–Kier alpha value is -3.27. The Labute approximate surface area is 207 Å². The molecule has 0 saturated heterocycles. The van der Waals surface area contributed by atoms with Gasteiger partial charge in [0.15, 0.2) is 6.61 Å². The SMILES string of the molecule is CCOC(=O)c1c(NC(=O)COC(=O)C2(c3cccc(F)c3)CCCC2)sc(C(=O)N(C)C)c1C. The number of anilines is 1. The van der Waals surface area contributed by atoms with Crippen molar-refractivity contribution in [2.75, 3.05) is 32.6 Å². The average molecular weight is 505 g/mol. The lowest BCUT2D eigenvalue weighted by atomic mass is 9.79. The third-order valence-corrected chi connectivity index (χ3v) is 7.23. The molecule has 10 heteroatoms. The van der Waals surface area contributed by atoms with Crippen LogP contribution >= 0.6 is 11.3 Å². The molecule has 1 aromatic heterocycles. The van der Waals surface area contributed by atoms with E-state index in [1.807, 2.05) is 0 Å². The number of halogens is 1. The van der Waals surface area contributed by atoms with Crippen LogP contribution in [0.25, 0.3) is 0 Å². The molecule has 1 N–H and O–H groups in total. The van der Waals surface area contributed by atoms with Crippen LogP contribution in [0, 0.1) is 12.7 Å². The number of ether oxygens (including phenoxy) is 2. The molecule has 0 bridgehead atoms. The smallest absolute Gasteiger partial charge is 0.341 e. The van der Waals surface area contributed by atoms with Gasteiger partial charge in [0.05, 0.1) is 22.5 Å². The van der Waals surface area contributed by atoms with Crippen molar-refractivity contribution in [2.24, 2.45) is 0 Å². The monoisotopic (exact) mass is 504 g/mol. The van der Waals surface area contributed by atoms with Crippen LogP contribution in [0.4, 0.5) is 9.39 Å². The molecule has 0 aliphatic heterocycles. The predicted molar refractivity (Wildman–Crippen MR) is 129 cm³/mol. The minimum Gasteiger partial charge on any atom is -0.462 e. The molecule has 0 atom stereocenters. The second-order valence-corrected chi connectivity index (χ2v) is 9.62. The molecule has 3 rings (SSSR count). The van der Waals surface area contributed by atoms with Gasteiger partial charge in [-0.15, -0.1) is 11.3 Å². The van der Waals surface area contributed by atoms with Crippen LogP contribution in [-0.2, 0) is 24.5 Å². The number of carbonyl (C=O) groups is 4. The molecule has 8 nitrogen and oxygen atoms in total. The number of nitrogens with one attached hydrogen (secondary N) is 1. The van der Waals surface area contributed by atoms with E-state index in [2.05, 4.69) is 5.32 Å². The molecule has 2 aromatic rings. The van der Waals surface area contributed by atoms with Gasteiger partial charge in [-0.25, -0.2) is 9.18 Å². The fourth-order valence-electron chi connectivity index (χ4n) is 4.26. The second-order valence-electron chi connectivity index (χ2n) is 8.60. The number of amides is 2. The van der Waals surface area contributed by atoms with Crippen molar-refractivity contribution in [2.45, 2.75) is 44.9 Å². The summed E-state index contributed by atoms with van der Waals surface area (Å²) in [6.45, 7) is 2.79. The first-order chi connectivity index (χ1) is 16.6. The van der Waals surface area contributed by atoms with E-state index in [9.17, 15) is 23.6 Å². The highest BCUT2D eigenvalue weighted by molar-refractivity contribution is 7.18. The summed E-state index contributed by atoms with van der Waals surface area (Å²) < 4.78 is 24.3. The van der Waals surface area contributed by atoms with E-state index in [0.717, 1.165) is 24.2 Å². The minimum absolute atomic E-state index is 0.0914. The Morgan fingerprint density at radius 1 is 1.14 bits per heavy atom. The van der Waals surface area contributed by atoms with Crippen LogP contribution < -0.4 is 5.32 Å². The first kappa shape index (κ1) is 26.3. The maximum Gasteiger partial charge on any atom is 0.341 e. The molecule has 0 spiro atoms. The molecular formula is C25H29FN2O6S. The van der Waals surface area contributed by atoms with Gasteiger partial charge in [-0.1, -0.05) is 25.0 Å². The molecule has 35 heavy (non-hydrogen) atoms. The lowest BCUT2D eigenvalue weighted by Gasteiger charge is -2.27. The molecule has 1 fully saturated rings. The standard InChI is InChI=1S/C25H29FN2O6S/c1-5-33-23(31)19-15(2)20(22(30)28(3)4)35-21(19)27-18(29)14-34-24(32)25(11-6-7-12-25)16-9-8-10-17(26)13-16/h8-10,13H,5-7,11-12,14H2,1-4H3,(H,27,29). The van der Waals surface area contributed by atoms with Gasteiger partial charge in [0.2, 0.25) is 0 Å². The van der Waals surface area contributed by atoms with Gasteiger partial charge in [0.25, 0.3) is 11.8 Å². The van der Waals surface area contributed by atoms with Crippen molar-refractivity contribution in [3.63, 3.8) is 0 Å². The number of benzene rings is 1. The Balaban J connectivity index is 1.78. The zero-order valence-corrected chi connectivity index (χ0v) is 21.1. The quantitative estimate of drug-likeness (QED) is 0.544. The summed E-state index contributed by atoms with van der Waals surface area (Å²) in [6.07, 6.45) is 2.59. The largest absolute Gasteiger partial charge is 0.462 e. The van der Waals surface area contributed by atoms with E-state index in [1.165, 1.54) is 17.0 Å². The van der Waals surface area contributed by atoms with Crippen molar-refractivity contribution >= 4 is 40.1 Å². The number of hydrogen-bond donors (Lipinski definition) is 1. The van der Waals surface area contributed by atoms with Crippen molar-refractivity contribution < 1.29 is 33.0 Å². The van der Waals surface area contributed by atoms with Gasteiger partial charge in [-0.3, -0.25) is 14.4 Å². The first-order valence-corrected chi connectivity index (χ1v) is 12.2. The lowest BCUT2D eigenvalue weighted by Crippen LogP contribution is -2.36. The van der Waals surface area contributed by atoms with E-state index in [1.54, 1.807) is 40.1 Å². The molecule has 2 amide bonds. The van der Waals surface area contributed by atoms with Crippen LogP contribution in [0.5, 0.6) is 0 Å². The zero-order chi connectivity index (χ0) is 25.8. The average Bonchev–Trinajstić information content (AvgIpc) is 3.43. The topological polar surface area (TPSA) is 102 Å². The minimum atomic E-state index is -0.997. The number of thiophene rings is 1. The summed E-state index contributed by atoms with van der Waals surface area (Å²) in [5, 5.41) is 2.73. The summed E-state index contributed by atoms with van der Waals surface area (Å²) in [4.78, 5) is 52.5. The number of hydrogen-bond acceptors (Lipinski definition) is 7. The molecule has 1 heterocycles. The van der Waals surface area contributed by atoms with Gasteiger partial charge >= 0.3 is 11.9 Å². The number of rotatable bonds is 8. The van der Waals surface area contributed by atoms with Gasteiger partial charge in [-0.05, 0) is 49.9 Å². The highest BCUT2D eigenvalue weighted by Gasteiger charge is 2.44. The van der Waals surface area contributed by atoms with Gasteiger partial charge in [-0.2, -0.15) is 0 Å². The molecule has 1 aromatic carbocycles. The number of carbonyl (C=O) groups excluding carboxylic acids is 4. The van der Waals surface area contributed by atoms with E-state index < -0.39 is 35.7 Å². The summed E-state index contributed by atoms with van der Waals surface area (Å²) >= 11 is 0.956. The Morgan fingerprint density at radius 2 is 1.83 bits per heavy atom. The van der Waals surface area contributed by atoms with E-state index in [0.29, 0.717) is 28.8 Å². The molecule has 188 valence electrons. The Kier molecular flexibility index (Phi) is 8.26. The summed E-state index contributed by atoms with van der Waals surface area (Å²) in [5.41, 5.74) is 0.0264. The van der Waals surface area contributed by atoms with Gasteiger partial charge in [0, 0.05) is 14.1 Å². The lowest BCUT2D eigenvalue weighted by molar-refractivity contribution is -0.153. The van der Waals surface area contributed by atoms with Crippen LogP contribution in [0.1, 0.15) is 63.8 Å². The maximum atomic E-state index is 13.8. The van der Waals surface area contributed by atoms with Crippen LogP contribution in [0.2, 0.25) is 0 Å². The maximum absolute atomic E-state index is 13.8.